The minimum absolute atomic E-state index is 0.170. The number of nitrogens with two attached hydrogens (primary N) is 1. The van der Waals surface area contributed by atoms with Gasteiger partial charge in [0.2, 0.25) is 0 Å². The van der Waals surface area contributed by atoms with E-state index in [-0.39, 0.29) is 18.1 Å². The molecule has 0 saturated heterocycles. The first kappa shape index (κ1) is 11.0. The smallest absolute Gasteiger partial charge is 0.0489 e. The molecule has 1 rings (SSSR count). The van der Waals surface area contributed by atoms with Crippen molar-refractivity contribution in [2.75, 3.05) is 27.2 Å². The zero-order valence-corrected chi connectivity index (χ0v) is 8.79. The monoisotopic (exact) mass is 186 g/mol. The molecule has 0 amide bonds. The molecule has 1 atom stereocenters. The molecule has 1 saturated carbocycles. The zero-order chi connectivity index (χ0) is 9.90. The number of aliphatic hydroxyl groups excluding tert-OH is 1. The highest BCUT2D eigenvalue weighted by Crippen LogP contribution is 2.39. The first-order valence-electron chi connectivity index (χ1n) is 5.15. The van der Waals surface area contributed by atoms with Gasteiger partial charge >= 0.3 is 0 Å². The minimum Gasteiger partial charge on any atom is -0.396 e. The van der Waals surface area contributed by atoms with Crippen LogP contribution in [0, 0.1) is 5.92 Å². The van der Waals surface area contributed by atoms with E-state index in [1.54, 1.807) is 0 Å². The fourth-order valence-corrected chi connectivity index (χ4v) is 2.67. The van der Waals surface area contributed by atoms with Crippen LogP contribution in [-0.2, 0) is 0 Å². The molecular weight excluding hydrogens is 164 g/mol. The molecule has 1 aliphatic rings. The molecule has 78 valence electrons. The Morgan fingerprint density at radius 2 is 1.92 bits per heavy atom. The first-order valence-corrected chi connectivity index (χ1v) is 5.15. The van der Waals surface area contributed by atoms with Crippen LogP contribution in [0.25, 0.3) is 0 Å². The van der Waals surface area contributed by atoms with Gasteiger partial charge in [-0.15, -0.1) is 0 Å². The minimum atomic E-state index is 0.170. The number of aliphatic hydroxyl groups is 1. The van der Waals surface area contributed by atoms with Gasteiger partial charge in [0.15, 0.2) is 0 Å². The van der Waals surface area contributed by atoms with Crippen LogP contribution in [0.2, 0.25) is 0 Å². The standard InChI is InChI=1S/C10H22N2O/c1-12(2)10(5-3-4-6-10)9(7-11)8-13/h9,13H,3-8,11H2,1-2H3/t9-/m0/s1. The Morgan fingerprint density at radius 3 is 2.23 bits per heavy atom. The lowest BCUT2D eigenvalue weighted by Crippen LogP contribution is -2.52. The summed E-state index contributed by atoms with van der Waals surface area (Å²) >= 11 is 0. The Labute approximate surface area is 80.9 Å². The van der Waals surface area contributed by atoms with Gasteiger partial charge in [0, 0.05) is 18.1 Å². The topological polar surface area (TPSA) is 49.5 Å². The quantitative estimate of drug-likeness (QED) is 0.669. The van der Waals surface area contributed by atoms with Gasteiger partial charge in [-0.1, -0.05) is 12.8 Å². The van der Waals surface area contributed by atoms with Gasteiger partial charge < -0.3 is 15.7 Å². The zero-order valence-electron chi connectivity index (χ0n) is 8.79. The van der Waals surface area contributed by atoms with Crippen molar-refractivity contribution in [1.82, 2.24) is 4.90 Å². The molecule has 1 aliphatic carbocycles. The summed E-state index contributed by atoms with van der Waals surface area (Å²) in [5, 5.41) is 9.29. The van der Waals surface area contributed by atoms with E-state index < -0.39 is 0 Å². The molecule has 3 nitrogen and oxygen atoms in total. The van der Waals surface area contributed by atoms with E-state index in [2.05, 4.69) is 19.0 Å². The number of rotatable bonds is 4. The third-order valence-corrected chi connectivity index (χ3v) is 3.62. The summed E-state index contributed by atoms with van der Waals surface area (Å²) in [7, 11) is 4.20. The summed E-state index contributed by atoms with van der Waals surface area (Å²) in [6.07, 6.45) is 4.91. The summed E-state index contributed by atoms with van der Waals surface area (Å²) in [6, 6.07) is 0. The summed E-state index contributed by atoms with van der Waals surface area (Å²) in [5.41, 5.74) is 5.87. The lowest BCUT2D eigenvalue weighted by Gasteiger charge is -2.42. The fourth-order valence-electron chi connectivity index (χ4n) is 2.67. The molecule has 3 heteroatoms. The summed E-state index contributed by atoms with van der Waals surface area (Å²) in [5.74, 6) is 0.241. The lowest BCUT2D eigenvalue weighted by molar-refractivity contribution is 0.0490. The largest absolute Gasteiger partial charge is 0.396 e. The second-order valence-corrected chi connectivity index (χ2v) is 4.32. The van der Waals surface area contributed by atoms with Crippen LogP contribution in [0.4, 0.5) is 0 Å². The predicted molar refractivity (Wildman–Crippen MR) is 54.5 cm³/mol. The maximum atomic E-state index is 9.29. The molecular formula is C10H22N2O. The van der Waals surface area contributed by atoms with Crippen LogP contribution < -0.4 is 5.73 Å². The van der Waals surface area contributed by atoms with Gasteiger partial charge in [-0.3, -0.25) is 0 Å². The van der Waals surface area contributed by atoms with E-state index in [1.807, 2.05) is 0 Å². The molecule has 0 bridgehead atoms. The van der Waals surface area contributed by atoms with Crippen LogP contribution in [0.5, 0.6) is 0 Å². The van der Waals surface area contributed by atoms with Gasteiger partial charge in [0.1, 0.15) is 0 Å². The van der Waals surface area contributed by atoms with Crippen LogP contribution >= 0.6 is 0 Å². The van der Waals surface area contributed by atoms with Gasteiger partial charge in [0.05, 0.1) is 0 Å². The normalized spacial score (nSPS) is 23.8. The van der Waals surface area contributed by atoms with E-state index in [0.717, 1.165) is 0 Å². The van der Waals surface area contributed by atoms with E-state index >= 15 is 0 Å². The summed E-state index contributed by atoms with van der Waals surface area (Å²) < 4.78 is 0. The first-order chi connectivity index (χ1) is 6.17. The van der Waals surface area contributed by atoms with Crippen molar-refractivity contribution in [3.05, 3.63) is 0 Å². The average Bonchev–Trinajstić information content (AvgIpc) is 2.56. The van der Waals surface area contributed by atoms with Crippen molar-refractivity contribution < 1.29 is 5.11 Å². The molecule has 0 spiro atoms. The molecule has 1 fully saturated rings. The Balaban J connectivity index is 2.76. The third kappa shape index (κ3) is 1.87. The molecule has 0 aromatic heterocycles. The summed E-state index contributed by atoms with van der Waals surface area (Å²) in [4.78, 5) is 2.26. The predicted octanol–water partition coefficient (Wildman–Crippen LogP) is 0.428. The maximum Gasteiger partial charge on any atom is 0.0489 e. The number of nitrogens with zero attached hydrogens (tertiary/aromatic N) is 1. The number of hydrogen-bond donors (Lipinski definition) is 2. The van der Waals surface area contributed by atoms with Crippen molar-refractivity contribution in [1.29, 1.82) is 0 Å². The SMILES string of the molecule is CN(C)C1([C@@H](CN)CO)CCCC1. The van der Waals surface area contributed by atoms with Crippen molar-refractivity contribution in [3.8, 4) is 0 Å². The third-order valence-electron chi connectivity index (χ3n) is 3.62. The summed E-state index contributed by atoms with van der Waals surface area (Å²) in [6.45, 7) is 0.809. The molecule has 0 unspecified atom stereocenters. The molecule has 3 N–H and O–H groups in total. The van der Waals surface area contributed by atoms with Crippen LogP contribution in [0.1, 0.15) is 25.7 Å². The van der Waals surface area contributed by atoms with E-state index in [4.69, 9.17) is 5.73 Å². The van der Waals surface area contributed by atoms with E-state index in [1.165, 1.54) is 25.7 Å². The molecule has 0 radical (unpaired) electrons. The molecule has 0 aromatic carbocycles. The number of hydrogen-bond acceptors (Lipinski definition) is 3. The Morgan fingerprint density at radius 1 is 1.38 bits per heavy atom. The van der Waals surface area contributed by atoms with Gasteiger partial charge in [-0.2, -0.15) is 0 Å². The van der Waals surface area contributed by atoms with Crippen molar-refractivity contribution in [3.63, 3.8) is 0 Å². The van der Waals surface area contributed by atoms with Crippen molar-refractivity contribution in [2.24, 2.45) is 11.7 Å². The van der Waals surface area contributed by atoms with Gasteiger partial charge in [0.25, 0.3) is 0 Å². The maximum absolute atomic E-state index is 9.29. The van der Waals surface area contributed by atoms with Crippen LogP contribution in [0.15, 0.2) is 0 Å². The fraction of sp³-hybridized carbons (Fsp3) is 1.00. The Hall–Kier alpha value is -0.120. The van der Waals surface area contributed by atoms with E-state index in [9.17, 15) is 5.11 Å². The highest BCUT2D eigenvalue weighted by molar-refractivity contribution is 4.98. The van der Waals surface area contributed by atoms with Crippen molar-refractivity contribution >= 4 is 0 Å². The average molecular weight is 186 g/mol. The molecule has 13 heavy (non-hydrogen) atoms. The van der Waals surface area contributed by atoms with Crippen LogP contribution in [0.3, 0.4) is 0 Å². The Kier molecular flexibility index (Phi) is 3.71. The molecule has 0 heterocycles. The lowest BCUT2D eigenvalue weighted by atomic mass is 9.81. The molecule has 0 aromatic rings. The van der Waals surface area contributed by atoms with E-state index in [0.29, 0.717) is 6.54 Å². The highest BCUT2D eigenvalue weighted by atomic mass is 16.3. The highest BCUT2D eigenvalue weighted by Gasteiger charge is 2.41. The van der Waals surface area contributed by atoms with Crippen LogP contribution in [-0.4, -0.2) is 42.8 Å². The van der Waals surface area contributed by atoms with Gasteiger partial charge in [-0.25, -0.2) is 0 Å². The molecule has 0 aliphatic heterocycles. The van der Waals surface area contributed by atoms with Crippen molar-refractivity contribution in [2.45, 2.75) is 31.2 Å². The second kappa shape index (κ2) is 4.40. The van der Waals surface area contributed by atoms with Gasteiger partial charge in [-0.05, 0) is 33.5 Å². The second-order valence-electron chi connectivity index (χ2n) is 4.32. The Bertz CT molecular complexity index is 149.